The number of hydrogen-bond acceptors (Lipinski definition) is 3. The molecule has 0 aromatic heterocycles. The van der Waals surface area contributed by atoms with Crippen molar-refractivity contribution >= 4 is 34.6 Å². The van der Waals surface area contributed by atoms with Crippen LogP contribution in [0.2, 0.25) is 10.0 Å². The molecule has 0 aliphatic rings. The van der Waals surface area contributed by atoms with E-state index in [9.17, 15) is 14.5 Å². The minimum atomic E-state index is -0.858. The molecule has 0 aliphatic carbocycles. The summed E-state index contributed by atoms with van der Waals surface area (Å²) in [6, 6.07) is 9.02. The van der Waals surface area contributed by atoms with Gasteiger partial charge in [-0.2, -0.15) is 4.39 Å². The number of rotatable bonds is 4. The summed E-state index contributed by atoms with van der Waals surface area (Å²) in [5.74, 6) is -0.858. The Bertz CT molecular complexity index is 665. The number of nitro benzene ring substituents is 1. The Hall–Kier alpha value is -1.85. The van der Waals surface area contributed by atoms with Gasteiger partial charge < -0.3 is 5.32 Å². The molecule has 0 amide bonds. The predicted octanol–water partition coefficient (Wildman–Crippen LogP) is 4.65. The lowest BCUT2D eigenvalue weighted by atomic mass is 10.2. The van der Waals surface area contributed by atoms with Gasteiger partial charge in [-0.25, -0.2) is 0 Å². The third-order valence-electron chi connectivity index (χ3n) is 2.68. The molecule has 0 spiro atoms. The van der Waals surface area contributed by atoms with Crippen LogP contribution in [0, 0.1) is 15.9 Å². The van der Waals surface area contributed by atoms with Gasteiger partial charge in [0.05, 0.1) is 20.7 Å². The SMILES string of the molecule is O=[N+]([O-])c1cccc(CNc2cccc(Cl)c2Cl)c1F. The van der Waals surface area contributed by atoms with Crippen molar-refractivity contribution in [3.63, 3.8) is 0 Å². The second-order valence-corrected chi connectivity index (χ2v) is 4.75. The maximum absolute atomic E-state index is 13.9. The summed E-state index contributed by atoms with van der Waals surface area (Å²) in [5, 5.41) is 14.2. The Labute approximate surface area is 124 Å². The van der Waals surface area contributed by atoms with Gasteiger partial charge in [-0.15, -0.1) is 0 Å². The first-order valence-corrected chi connectivity index (χ1v) is 6.36. The van der Waals surface area contributed by atoms with E-state index in [1.54, 1.807) is 18.2 Å². The van der Waals surface area contributed by atoms with Crippen LogP contribution in [-0.4, -0.2) is 4.92 Å². The van der Waals surface area contributed by atoms with Crippen LogP contribution in [0.15, 0.2) is 36.4 Å². The highest BCUT2D eigenvalue weighted by atomic mass is 35.5. The molecule has 0 radical (unpaired) electrons. The van der Waals surface area contributed by atoms with Crippen LogP contribution in [0.4, 0.5) is 15.8 Å². The van der Waals surface area contributed by atoms with Crippen LogP contribution in [0.1, 0.15) is 5.56 Å². The monoisotopic (exact) mass is 314 g/mol. The highest BCUT2D eigenvalue weighted by Gasteiger charge is 2.17. The molecular formula is C13H9Cl2FN2O2. The van der Waals surface area contributed by atoms with Crippen LogP contribution in [0.25, 0.3) is 0 Å². The summed E-state index contributed by atoms with van der Waals surface area (Å²) < 4.78 is 13.9. The van der Waals surface area contributed by atoms with Gasteiger partial charge in [-0.1, -0.05) is 41.4 Å². The fourth-order valence-electron chi connectivity index (χ4n) is 1.67. The Morgan fingerprint density at radius 1 is 1.20 bits per heavy atom. The van der Waals surface area contributed by atoms with Gasteiger partial charge in [-0.3, -0.25) is 10.1 Å². The van der Waals surface area contributed by atoms with Crippen molar-refractivity contribution in [2.24, 2.45) is 0 Å². The second kappa shape index (κ2) is 6.07. The summed E-state index contributed by atoms with van der Waals surface area (Å²) >= 11 is 11.8. The van der Waals surface area contributed by atoms with E-state index in [2.05, 4.69) is 5.32 Å². The molecule has 0 atom stereocenters. The second-order valence-electron chi connectivity index (χ2n) is 3.96. The van der Waals surface area contributed by atoms with Crippen molar-refractivity contribution in [3.05, 3.63) is 67.9 Å². The van der Waals surface area contributed by atoms with E-state index >= 15 is 0 Å². The van der Waals surface area contributed by atoms with Crippen LogP contribution in [0.3, 0.4) is 0 Å². The summed E-state index contributed by atoms with van der Waals surface area (Å²) in [4.78, 5) is 9.89. The lowest BCUT2D eigenvalue weighted by Crippen LogP contribution is -2.04. The van der Waals surface area contributed by atoms with Crippen molar-refractivity contribution < 1.29 is 9.31 Å². The molecule has 0 fully saturated rings. The molecule has 2 rings (SSSR count). The first-order chi connectivity index (χ1) is 9.50. The topological polar surface area (TPSA) is 55.2 Å². The zero-order valence-electron chi connectivity index (χ0n) is 10.1. The van der Waals surface area contributed by atoms with Crippen LogP contribution >= 0.6 is 23.2 Å². The Morgan fingerprint density at radius 3 is 2.60 bits per heavy atom. The van der Waals surface area contributed by atoms with Gasteiger partial charge in [0.2, 0.25) is 5.82 Å². The third-order valence-corrected chi connectivity index (χ3v) is 3.49. The quantitative estimate of drug-likeness (QED) is 0.660. The maximum Gasteiger partial charge on any atom is 0.305 e. The van der Waals surface area contributed by atoms with E-state index < -0.39 is 16.4 Å². The van der Waals surface area contributed by atoms with Gasteiger partial charge in [0.25, 0.3) is 0 Å². The number of halogens is 3. The van der Waals surface area contributed by atoms with Crippen molar-refractivity contribution in [1.82, 2.24) is 0 Å². The lowest BCUT2D eigenvalue weighted by Gasteiger charge is -2.10. The van der Waals surface area contributed by atoms with E-state index in [4.69, 9.17) is 23.2 Å². The summed E-state index contributed by atoms with van der Waals surface area (Å²) in [6.45, 7) is 0.0631. The average Bonchev–Trinajstić information content (AvgIpc) is 2.41. The standard InChI is InChI=1S/C13H9Cl2FN2O2/c14-9-4-2-5-10(12(9)15)17-7-8-3-1-6-11(13(8)16)18(19)20/h1-6,17H,7H2. The molecule has 2 aromatic rings. The van der Waals surface area contributed by atoms with Gasteiger partial charge in [0.15, 0.2) is 0 Å². The zero-order chi connectivity index (χ0) is 14.7. The highest BCUT2D eigenvalue weighted by molar-refractivity contribution is 6.43. The highest BCUT2D eigenvalue weighted by Crippen LogP contribution is 2.30. The largest absolute Gasteiger partial charge is 0.380 e. The Balaban J connectivity index is 2.21. The normalized spacial score (nSPS) is 10.3. The first kappa shape index (κ1) is 14.6. The molecule has 0 bridgehead atoms. The van der Waals surface area contributed by atoms with Gasteiger partial charge >= 0.3 is 5.69 Å². The summed E-state index contributed by atoms with van der Waals surface area (Å²) in [7, 11) is 0. The Morgan fingerprint density at radius 2 is 1.90 bits per heavy atom. The smallest absolute Gasteiger partial charge is 0.305 e. The molecule has 0 heterocycles. The van der Waals surface area contributed by atoms with E-state index in [0.29, 0.717) is 15.7 Å². The van der Waals surface area contributed by atoms with Gasteiger partial charge in [0.1, 0.15) is 0 Å². The maximum atomic E-state index is 13.9. The number of nitro groups is 1. The van der Waals surface area contributed by atoms with Gasteiger partial charge in [0, 0.05) is 18.2 Å². The van der Waals surface area contributed by atoms with Gasteiger partial charge in [-0.05, 0) is 12.1 Å². The molecule has 0 saturated heterocycles. The van der Waals surface area contributed by atoms with Crippen molar-refractivity contribution in [1.29, 1.82) is 0 Å². The first-order valence-electron chi connectivity index (χ1n) is 5.60. The molecule has 20 heavy (non-hydrogen) atoms. The fourth-order valence-corrected chi connectivity index (χ4v) is 2.04. The molecule has 7 heteroatoms. The van der Waals surface area contributed by atoms with E-state index in [1.807, 2.05) is 0 Å². The van der Waals surface area contributed by atoms with Crippen molar-refractivity contribution in [3.8, 4) is 0 Å². The Kier molecular flexibility index (Phi) is 4.42. The number of hydrogen-bond donors (Lipinski definition) is 1. The van der Waals surface area contributed by atoms with Crippen LogP contribution < -0.4 is 5.32 Å². The average molecular weight is 315 g/mol. The predicted molar refractivity (Wildman–Crippen MR) is 76.8 cm³/mol. The minimum absolute atomic E-state index is 0.0631. The third kappa shape index (κ3) is 3.00. The van der Waals surface area contributed by atoms with Crippen LogP contribution in [0.5, 0.6) is 0 Å². The fraction of sp³-hybridized carbons (Fsp3) is 0.0769. The minimum Gasteiger partial charge on any atom is -0.380 e. The summed E-state index contributed by atoms with van der Waals surface area (Å²) in [6.07, 6.45) is 0. The molecule has 4 nitrogen and oxygen atoms in total. The van der Waals surface area contributed by atoms with Crippen LogP contribution in [-0.2, 0) is 6.54 Å². The van der Waals surface area contributed by atoms with E-state index in [0.717, 1.165) is 6.07 Å². The molecule has 0 saturated carbocycles. The lowest BCUT2D eigenvalue weighted by molar-refractivity contribution is -0.387. The van der Waals surface area contributed by atoms with Crippen molar-refractivity contribution in [2.45, 2.75) is 6.54 Å². The molecule has 0 unspecified atom stereocenters. The molecule has 2 aromatic carbocycles. The van der Waals surface area contributed by atoms with Crippen molar-refractivity contribution in [2.75, 3.05) is 5.32 Å². The zero-order valence-corrected chi connectivity index (χ0v) is 11.6. The molecule has 1 N–H and O–H groups in total. The molecule has 104 valence electrons. The molecular weight excluding hydrogens is 306 g/mol. The van der Waals surface area contributed by atoms with E-state index in [-0.39, 0.29) is 12.1 Å². The van der Waals surface area contributed by atoms with E-state index in [1.165, 1.54) is 12.1 Å². The number of anilines is 1. The number of nitrogens with zero attached hydrogens (tertiary/aromatic N) is 1. The number of nitrogens with one attached hydrogen (secondary N) is 1. The molecule has 0 aliphatic heterocycles. The summed E-state index contributed by atoms with van der Waals surface area (Å²) in [5.41, 5.74) is 0.154. The number of benzene rings is 2.